The van der Waals surface area contributed by atoms with Gasteiger partial charge in [0.15, 0.2) is 6.07 Å². The van der Waals surface area contributed by atoms with Gasteiger partial charge in [0.25, 0.3) is 0 Å². The van der Waals surface area contributed by atoms with Gasteiger partial charge < -0.3 is 4.74 Å². The van der Waals surface area contributed by atoms with Crippen molar-refractivity contribution in [2.75, 3.05) is 6.07 Å². The Kier molecular flexibility index (Phi) is 11.6. The predicted octanol–water partition coefficient (Wildman–Crippen LogP) is 4.47. The molecule has 0 aliphatic heterocycles. The standard InChI is InChI=1S/C12H22Cl2O2/c1-2-3-4-5-7-11(14)8-6-9-12(15)16-10-13/h11H,2-10H2,1H3. The van der Waals surface area contributed by atoms with E-state index in [4.69, 9.17) is 23.2 Å². The van der Waals surface area contributed by atoms with Crippen molar-refractivity contribution < 1.29 is 9.53 Å². The Balaban J connectivity index is 3.29. The molecule has 0 aromatic heterocycles. The summed E-state index contributed by atoms with van der Waals surface area (Å²) in [7, 11) is 0. The number of halogens is 2. The zero-order chi connectivity index (χ0) is 12.2. The van der Waals surface area contributed by atoms with Gasteiger partial charge >= 0.3 is 5.97 Å². The zero-order valence-electron chi connectivity index (χ0n) is 10.0. The van der Waals surface area contributed by atoms with E-state index in [9.17, 15) is 4.79 Å². The second-order valence-electron chi connectivity index (χ2n) is 3.96. The molecule has 0 saturated carbocycles. The Bertz CT molecular complexity index is 174. The maximum Gasteiger partial charge on any atom is 0.306 e. The molecule has 1 unspecified atom stereocenters. The van der Waals surface area contributed by atoms with Crippen molar-refractivity contribution in [3.63, 3.8) is 0 Å². The van der Waals surface area contributed by atoms with Gasteiger partial charge in [-0.1, -0.05) is 44.2 Å². The molecule has 0 aromatic rings. The molecule has 0 radical (unpaired) electrons. The van der Waals surface area contributed by atoms with Gasteiger partial charge in [-0.3, -0.25) is 4.79 Å². The number of hydrogen-bond acceptors (Lipinski definition) is 2. The number of unbranched alkanes of at least 4 members (excludes halogenated alkanes) is 3. The Hall–Kier alpha value is 0.0500. The van der Waals surface area contributed by atoms with Crippen molar-refractivity contribution in [2.24, 2.45) is 0 Å². The van der Waals surface area contributed by atoms with Crippen LogP contribution in [0.25, 0.3) is 0 Å². The van der Waals surface area contributed by atoms with Crippen molar-refractivity contribution >= 4 is 29.2 Å². The third-order valence-corrected chi connectivity index (χ3v) is 3.03. The minimum atomic E-state index is -0.232. The van der Waals surface area contributed by atoms with E-state index in [-0.39, 0.29) is 17.4 Å². The summed E-state index contributed by atoms with van der Waals surface area (Å²) >= 11 is 11.4. The first-order valence-corrected chi connectivity index (χ1v) is 7.03. The lowest BCUT2D eigenvalue weighted by Gasteiger charge is -2.08. The monoisotopic (exact) mass is 268 g/mol. The predicted molar refractivity (Wildman–Crippen MR) is 69.1 cm³/mol. The maximum atomic E-state index is 11.0. The Morgan fingerprint density at radius 2 is 1.88 bits per heavy atom. The zero-order valence-corrected chi connectivity index (χ0v) is 11.5. The highest BCUT2D eigenvalue weighted by atomic mass is 35.5. The average molecular weight is 269 g/mol. The van der Waals surface area contributed by atoms with E-state index in [1.807, 2.05) is 0 Å². The number of alkyl halides is 2. The van der Waals surface area contributed by atoms with E-state index in [2.05, 4.69) is 11.7 Å². The van der Waals surface area contributed by atoms with Gasteiger partial charge in [-0.2, -0.15) is 0 Å². The van der Waals surface area contributed by atoms with Gasteiger partial charge in [-0.15, -0.1) is 11.6 Å². The van der Waals surface area contributed by atoms with E-state index in [1.165, 1.54) is 25.7 Å². The molecule has 2 nitrogen and oxygen atoms in total. The molecule has 0 saturated heterocycles. The molecule has 0 aromatic carbocycles. The van der Waals surface area contributed by atoms with Crippen LogP contribution in [-0.2, 0) is 9.53 Å². The summed E-state index contributed by atoms with van der Waals surface area (Å²) in [5, 5.41) is 0.195. The number of rotatable bonds is 10. The molecule has 0 heterocycles. The number of carbonyl (C=O) groups excluding carboxylic acids is 1. The number of hydrogen-bond donors (Lipinski definition) is 0. The van der Waals surface area contributed by atoms with Crippen molar-refractivity contribution in [3.8, 4) is 0 Å². The Morgan fingerprint density at radius 3 is 2.50 bits per heavy atom. The molecule has 0 fully saturated rings. The SMILES string of the molecule is CCCCCCC(Cl)CCCC(=O)OCCl. The summed E-state index contributed by atoms with van der Waals surface area (Å²) in [6, 6.07) is -0.0554. The van der Waals surface area contributed by atoms with Crippen molar-refractivity contribution in [1.29, 1.82) is 0 Å². The van der Waals surface area contributed by atoms with Crippen LogP contribution < -0.4 is 0 Å². The van der Waals surface area contributed by atoms with Crippen molar-refractivity contribution in [3.05, 3.63) is 0 Å². The molecule has 1 atom stereocenters. The molecule has 0 bridgehead atoms. The number of ether oxygens (including phenoxy) is 1. The number of carbonyl (C=O) groups is 1. The van der Waals surface area contributed by atoms with E-state index < -0.39 is 0 Å². The van der Waals surface area contributed by atoms with E-state index in [0.717, 1.165) is 19.3 Å². The fourth-order valence-electron chi connectivity index (χ4n) is 1.54. The molecule has 16 heavy (non-hydrogen) atoms. The number of esters is 1. The van der Waals surface area contributed by atoms with Crippen molar-refractivity contribution in [2.45, 2.75) is 63.7 Å². The van der Waals surface area contributed by atoms with Crippen LogP contribution >= 0.6 is 23.2 Å². The summed E-state index contributed by atoms with van der Waals surface area (Å²) in [5.74, 6) is -0.232. The van der Waals surface area contributed by atoms with Crippen LogP contribution in [0, 0.1) is 0 Å². The van der Waals surface area contributed by atoms with Crippen LogP contribution in [0.3, 0.4) is 0 Å². The van der Waals surface area contributed by atoms with Crippen LogP contribution in [0.4, 0.5) is 0 Å². The fourth-order valence-corrected chi connectivity index (χ4v) is 1.97. The van der Waals surface area contributed by atoms with E-state index >= 15 is 0 Å². The molecular weight excluding hydrogens is 247 g/mol. The van der Waals surface area contributed by atoms with Crippen LogP contribution in [0.5, 0.6) is 0 Å². The molecule has 0 spiro atoms. The smallest absolute Gasteiger partial charge is 0.306 e. The first-order valence-electron chi connectivity index (χ1n) is 6.06. The Morgan fingerprint density at radius 1 is 1.19 bits per heavy atom. The summed E-state index contributed by atoms with van der Waals surface area (Å²) in [5.41, 5.74) is 0. The third kappa shape index (κ3) is 10.6. The van der Waals surface area contributed by atoms with Crippen molar-refractivity contribution in [1.82, 2.24) is 0 Å². The molecule has 0 aliphatic carbocycles. The molecule has 96 valence electrons. The van der Waals surface area contributed by atoms with Crippen LogP contribution in [0.15, 0.2) is 0 Å². The highest BCUT2D eigenvalue weighted by molar-refractivity contribution is 6.20. The normalized spacial score (nSPS) is 12.4. The summed E-state index contributed by atoms with van der Waals surface area (Å²) < 4.78 is 4.62. The fraction of sp³-hybridized carbons (Fsp3) is 0.917. The summed E-state index contributed by atoms with van der Waals surface area (Å²) in [6.07, 6.45) is 8.12. The third-order valence-electron chi connectivity index (χ3n) is 2.48. The highest BCUT2D eigenvalue weighted by Gasteiger charge is 2.07. The minimum Gasteiger partial charge on any atom is -0.449 e. The molecule has 0 rings (SSSR count). The quantitative estimate of drug-likeness (QED) is 0.332. The molecule has 0 amide bonds. The highest BCUT2D eigenvalue weighted by Crippen LogP contribution is 2.16. The second kappa shape index (κ2) is 11.5. The van der Waals surface area contributed by atoms with Gasteiger partial charge in [0.1, 0.15) is 0 Å². The average Bonchev–Trinajstić information content (AvgIpc) is 2.25. The second-order valence-corrected chi connectivity index (χ2v) is 4.80. The van der Waals surface area contributed by atoms with Gasteiger partial charge in [0, 0.05) is 11.8 Å². The van der Waals surface area contributed by atoms with Gasteiger partial charge in [-0.05, 0) is 19.3 Å². The van der Waals surface area contributed by atoms with Gasteiger partial charge in [0.05, 0.1) is 0 Å². The van der Waals surface area contributed by atoms with Gasteiger partial charge in [0.2, 0.25) is 0 Å². The van der Waals surface area contributed by atoms with E-state index in [0.29, 0.717) is 6.42 Å². The lowest BCUT2D eigenvalue weighted by Crippen LogP contribution is -2.05. The summed E-state index contributed by atoms with van der Waals surface area (Å²) in [4.78, 5) is 11.0. The van der Waals surface area contributed by atoms with E-state index in [1.54, 1.807) is 0 Å². The lowest BCUT2D eigenvalue weighted by atomic mass is 10.1. The molecule has 0 N–H and O–H groups in total. The van der Waals surface area contributed by atoms with Gasteiger partial charge in [-0.25, -0.2) is 0 Å². The van der Waals surface area contributed by atoms with Crippen LogP contribution in [-0.4, -0.2) is 17.4 Å². The Labute approximate surface area is 109 Å². The molecule has 0 aliphatic rings. The first-order chi connectivity index (χ1) is 7.70. The summed E-state index contributed by atoms with van der Waals surface area (Å²) in [6.45, 7) is 2.20. The maximum absolute atomic E-state index is 11.0. The molecular formula is C12H22Cl2O2. The van der Waals surface area contributed by atoms with Crippen LogP contribution in [0.2, 0.25) is 0 Å². The molecule has 4 heteroatoms. The first kappa shape index (κ1) is 16.1. The topological polar surface area (TPSA) is 26.3 Å². The minimum absolute atomic E-state index is 0.0554. The largest absolute Gasteiger partial charge is 0.449 e. The lowest BCUT2D eigenvalue weighted by molar-refractivity contribution is -0.141. The van der Waals surface area contributed by atoms with Crippen LogP contribution in [0.1, 0.15) is 58.3 Å².